The summed E-state index contributed by atoms with van der Waals surface area (Å²) in [5.41, 5.74) is 0. The molecule has 0 amide bonds. The normalized spacial score (nSPS) is 12.0. The Bertz CT molecular complexity index is 401. The molecule has 0 saturated heterocycles. The molecule has 0 aliphatic heterocycles. The lowest BCUT2D eigenvalue weighted by Crippen LogP contribution is -2.31. The molecule has 0 aliphatic rings. The maximum atomic E-state index is 11.5. The van der Waals surface area contributed by atoms with E-state index in [1.165, 1.54) is 12.4 Å². The highest BCUT2D eigenvalue weighted by molar-refractivity contribution is 9.10. The summed E-state index contributed by atoms with van der Waals surface area (Å²) in [7, 11) is -3.57. The van der Waals surface area contributed by atoms with Gasteiger partial charge in [-0.15, -0.1) is 0 Å². The van der Waals surface area contributed by atoms with E-state index in [2.05, 4.69) is 30.6 Å². The van der Waals surface area contributed by atoms with Crippen LogP contribution in [0.3, 0.4) is 0 Å². The Labute approximate surface area is 91.1 Å². The number of nitrogens with zero attached hydrogens (tertiary/aromatic N) is 2. The minimum atomic E-state index is -3.57. The van der Waals surface area contributed by atoms with Crippen molar-refractivity contribution >= 4 is 26.0 Å². The second-order valence-electron chi connectivity index (χ2n) is 2.96. The molecule has 1 rings (SSSR count). The largest absolute Gasteiger partial charge is 0.276 e. The van der Waals surface area contributed by atoms with Crippen LogP contribution in [0.5, 0.6) is 0 Å². The molecule has 78 valence electrons. The highest BCUT2D eigenvalue weighted by atomic mass is 79.9. The lowest BCUT2D eigenvalue weighted by molar-refractivity contribution is 0.560. The van der Waals surface area contributed by atoms with Gasteiger partial charge in [-0.25, -0.2) is 23.1 Å². The minimum Gasteiger partial charge on any atom is -0.224 e. The fraction of sp³-hybridized carbons (Fsp3) is 0.429. The first-order valence-corrected chi connectivity index (χ1v) is 6.19. The van der Waals surface area contributed by atoms with Gasteiger partial charge >= 0.3 is 0 Å². The van der Waals surface area contributed by atoms with Crippen molar-refractivity contribution in [2.24, 2.45) is 0 Å². The van der Waals surface area contributed by atoms with Crippen LogP contribution in [0.4, 0.5) is 0 Å². The van der Waals surface area contributed by atoms with Crippen LogP contribution in [-0.4, -0.2) is 24.4 Å². The van der Waals surface area contributed by atoms with Gasteiger partial charge in [0, 0.05) is 18.4 Å². The lowest BCUT2D eigenvalue weighted by atomic mass is 10.4. The van der Waals surface area contributed by atoms with E-state index < -0.39 is 10.0 Å². The summed E-state index contributed by atoms with van der Waals surface area (Å²) < 4.78 is 26.0. The zero-order valence-corrected chi connectivity index (χ0v) is 10.1. The van der Waals surface area contributed by atoms with Gasteiger partial charge in [0.1, 0.15) is 0 Å². The summed E-state index contributed by atoms with van der Waals surface area (Å²) >= 11 is 3.12. The number of aromatic nitrogens is 2. The van der Waals surface area contributed by atoms with Gasteiger partial charge < -0.3 is 0 Å². The van der Waals surface area contributed by atoms with Crippen LogP contribution in [0, 0.1) is 0 Å². The number of rotatable bonds is 3. The van der Waals surface area contributed by atoms with E-state index >= 15 is 0 Å². The van der Waals surface area contributed by atoms with Crippen molar-refractivity contribution in [1.29, 1.82) is 0 Å². The Hall–Kier alpha value is -0.530. The topological polar surface area (TPSA) is 72.0 Å². The van der Waals surface area contributed by atoms with Gasteiger partial charge in [-0.2, -0.15) is 0 Å². The Kier molecular flexibility index (Phi) is 3.57. The molecule has 0 spiro atoms. The fourth-order valence-corrected chi connectivity index (χ4v) is 2.12. The first-order valence-electron chi connectivity index (χ1n) is 3.91. The van der Waals surface area contributed by atoms with Gasteiger partial charge in [-0.3, -0.25) is 0 Å². The molecule has 1 aromatic heterocycles. The Morgan fingerprint density at radius 1 is 1.36 bits per heavy atom. The van der Waals surface area contributed by atoms with Crippen molar-refractivity contribution in [2.75, 3.05) is 0 Å². The zero-order chi connectivity index (χ0) is 10.8. The van der Waals surface area contributed by atoms with Crippen molar-refractivity contribution in [3.63, 3.8) is 0 Å². The standard InChI is InChI=1S/C7H10BrN3O2S/c1-5(2)11-14(12,13)7-9-3-6(8)4-10-7/h3-5,11H,1-2H3. The third-order valence-corrected chi connectivity index (χ3v) is 3.11. The molecule has 0 bridgehead atoms. The molecule has 5 nitrogen and oxygen atoms in total. The number of hydrogen-bond donors (Lipinski definition) is 1. The van der Waals surface area contributed by atoms with Crippen LogP contribution < -0.4 is 4.72 Å². The Morgan fingerprint density at radius 2 is 1.86 bits per heavy atom. The predicted molar refractivity (Wildman–Crippen MR) is 55.2 cm³/mol. The molecule has 14 heavy (non-hydrogen) atoms. The minimum absolute atomic E-state index is 0.174. The molecule has 0 aliphatic carbocycles. The van der Waals surface area contributed by atoms with Gasteiger partial charge in [0.05, 0.1) is 4.47 Å². The number of nitrogens with one attached hydrogen (secondary N) is 1. The van der Waals surface area contributed by atoms with Crippen molar-refractivity contribution in [2.45, 2.75) is 25.0 Å². The van der Waals surface area contributed by atoms with Crippen molar-refractivity contribution in [1.82, 2.24) is 14.7 Å². The van der Waals surface area contributed by atoms with Crippen LogP contribution in [0.15, 0.2) is 22.0 Å². The van der Waals surface area contributed by atoms with Gasteiger partial charge in [-0.1, -0.05) is 0 Å². The summed E-state index contributed by atoms with van der Waals surface area (Å²) in [6, 6.07) is -0.174. The molecule has 0 atom stereocenters. The molecule has 1 aromatic rings. The van der Waals surface area contributed by atoms with E-state index in [9.17, 15) is 8.42 Å². The van der Waals surface area contributed by atoms with E-state index in [4.69, 9.17) is 0 Å². The van der Waals surface area contributed by atoms with Crippen LogP contribution in [-0.2, 0) is 10.0 Å². The SMILES string of the molecule is CC(C)NS(=O)(=O)c1ncc(Br)cn1. The molecule has 7 heteroatoms. The van der Waals surface area contributed by atoms with Crippen LogP contribution >= 0.6 is 15.9 Å². The first-order chi connectivity index (χ1) is 6.42. The molecule has 0 radical (unpaired) electrons. The van der Waals surface area contributed by atoms with E-state index in [1.54, 1.807) is 13.8 Å². The van der Waals surface area contributed by atoms with Crippen molar-refractivity contribution in [3.05, 3.63) is 16.9 Å². The molecular formula is C7H10BrN3O2S. The molecule has 1 heterocycles. The maximum Gasteiger partial charge on any atom is 0.276 e. The average molecular weight is 280 g/mol. The molecule has 1 N–H and O–H groups in total. The smallest absolute Gasteiger partial charge is 0.224 e. The van der Waals surface area contributed by atoms with E-state index in [-0.39, 0.29) is 11.2 Å². The second kappa shape index (κ2) is 4.33. The summed E-state index contributed by atoms with van der Waals surface area (Å²) in [6.45, 7) is 3.47. The summed E-state index contributed by atoms with van der Waals surface area (Å²) in [5.74, 6) is 0. The summed E-state index contributed by atoms with van der Waals surface area (Å²) in [4.78, 5) is 7.39. The third-order valence-electron chi connectivity index (χ3n) is 1.23. The van der Waals surface area contributed by atoms with Crippen LogP contribution in [0.2, 0.25) is 0 Å². The summed E-state index contributed by atoms with van der Waals surface area (Å²) in [5, 5.41) is -0.214. The van der Waals surface area contributed by atoms with Crippen molar-refractivity contribution in [3.8, 4) is 0 Å². The van der Waals surface area contributed by atoms with Crippen LogP contribution in [0.1, 0.15) is 13.8 Å². The molecule has 0 saturated carbocycles. The molecule has 0 unspecified atom stereocenters. The quantitative estimate of drug-likeness (QED) is 0.836. The van der Waals surface area contributed by atoms with Crippen LogP contribution in [0.25, 0.3) is 0 Å². The Balaban J connectivity index is 2.99. The van der Waals surface area contributed by atoms with E-state index in [0.717, 1.165) is 0 Å². The van der Waals surface area contributed by atoms with E-state index in [1.807, 2.05) is 0 Å². The number of sulfonamides is 1. The van der Waals surface area contributed by atoms with Gasteiger partial charge in [0.15, 0.2) is 0 Å². The Morgan fingerprint density at radius 3 is 2.29 bits per heavy atom. The predicted octanol–water partition coefficient (Wildman–Crippen LogP) is 0.926. The highest BCUT2D eigenvalue weighted by Gasteiger charge is 2.17. The molecular weight excluding hydrogens is 270 g/mol. The maximum absolute atomic E-state index is 11.5. The average Bonchev–Trinajstić information content (AvgIpc) is 2.02. The van der Waals surface area contributed by atoms with Gasteiger partial charge in [-0.05, 0) is 29.8 Å². The second-order valence-corrected chi connectivity index (χ2v) is 5.48. The first kappa shape index (κ1) is 11.5. The fourth-order valence-electron chi connectivity index (χ4n) is 0.802. The van der Waals surface area contributed by atoms with Gasteiger partial charge in [0.25, 0.3) is 15.2 Å². The summed E-state index contributed by atoms with van der Waals surface area (Å²) in [6.07, 6.45) is 2.78. The number of halogens is 1. The van der Waals surface area contributed by atoms with E-state index in [0.29, 0.717) is 4.47 Å². The number of hydrogen-bond acceptors (Lipinski definition) is 4. The molecule has 0 fully saturated rings. The monoisotopic (exact) mass is 279 g/mol. The molecule has 0 aromatic carbocycles. The third kappa shape index (κ3) is 3.00. The lowest BCUT2D eigenvalue weighted by Gasteiger charge is -2.07. The van der Waals surface area contributed by atoms with Crippen molar-refractivity contribution < 1.29 is 8.42 Å². The zero-order valence-electron chi connectivity index (χ0n) is 7.73. The highest BCUT2D eigenvalue weighted by Crippen LogP contribution is 2.07. The van der Waals surface area contributed by atoms with Gasteiger partial charge in [0.2, 0.25) is 0 Å².